The standard InChI is InChI=1S/C22H31N3O4/c26-20(24-13-10-22(11-14-24)28-15-16-29-22)9-8-18-5-4-12-25(17-18)21(27)23-19-6-2-1-3-7-19/h1-3,6-7,18H,4-5,8-17H2,(H,23,27)/t18-/m0/s1. The first-order valence-corrected chi connectivity index (χ1v) is 10.8. The van der Waals surface area contributed by atoms with Crippen molar-refractivity contribution in [1.82, 2.24) is 9.80 Å². The van der Waals surface area contributed by atoms with Gasteiger partial charge in [-0.15, -0.1) is 0 Å². The lowest BCUT2D eigenvalue weighted by molar-refractivity contribution is -0.187. The van der Waals surface area contributed by atoms with E-state index in [-0.39, 0.29) is 11.9 Å². The third kappa shape index (κ3) is 5.08. The van der Waals surface area contributed by atoms with Crippen LogP contribution >= 0.6 is 0 Å². The first-order valence-electron chi connectivity index (χ1n) is 10.8. The van der Waals surface area contributed by atoms with E-state index in [0.29, 0.717) is 38.6 Å². The quantitative estimate of drug-likeness (QED) is 0.842. The molecule has 29 heavy (non-hydrogen) atoms. The Morgan fingerprint density at radius 2 is 1.76 bits per heavy atom. The van der Waals surface area contributed by atoms with Crippen molar-refractivity contribution >= 4 is 17.6 Å². The second-order valence-corrected chi connectivity index (χ2v) is 8.28. The van der Waals surface area contributed by atoms with Crippen molar-refractivity contribution in [2.24, 2.45) is 5.92 Å². The number of carbonyl (C=O) groups is 2. The Kier molecular flexibility index (Phi) is 6.35. The van der Waals surface area contributed by atoms with Crippen LogP contribution in [0.15, 0.2) is 30.3 Å². The molecular formula is C22H31N3O4. The summed E-state index contributed by atoms with van der Waals surface area (Å²) in [5.41, 5.74) is 0.813. The fourth-order valence-corrected chi connectivity index (χ4v) is 4.58. The lowest BCUT2D eigenvalue weighted by Crippen LogP contribution is -2.47. The fraction of sp³-hybridized carbons (Fsp3) is 0.636. The Bertz CT molecular complexity index is 695. The first kappa shape index (κ1) is 20.2. The van der Waals surface area contributed by atoms with E-state index in [2.05, 4.69) is 5.32 Å². The molecule has 1 spiro atoms. The van der Waals surface area contributed by atoms with Gasteiger partial charge < -0.3 is 24.6 Å². The molecule has 1 atom stereocenters. The zero-order valence-corrected chi connectivity index (χ0v) is 17.0. The Balaban J connectivity index is 1.20. The van der Waals surface area contributed by atoms with Crippen molar-refractivity contribution in [2.45, 2.75) is 44.3 Å². The third-order valence-electron chi connectivity index (χ3n) is 6.29. The van der Waals surface area contributed by atoms with Crippen molar-refractivity contribution in [3.63, 3.8) is 0 Å². The molecule has 7 nitrogen and oxygen atoms in total. The number of hydrogen-bond donors (Lipinski definition) is 1. The van der Waals surface area contributed by atoms with E-state index in [4.69, 9.17) is 9.47 Å². The maximum atomic E-state index is 12.7. The van der Waals surface area contributed by atoms with Gasteiger partial charge in [0.1, 0.15) is 0 Å². The van der Waals surface area contributed by atoms with E-state index in [1.807, 2.05) is 40.1 Å². The van der Waals surface area contributed by atoms with Crippen LogP contribution in [0.2, 0.25) is 0 Å². The van der Waals surface area contributed by atoms with E-state index in [1.54, 1.807) is 0 Å². The SMILES string of the molecule is O=C(CC[C@@H]1CCCN(C(=O)Nc2ccccc2)C1)N1CCC2(CC1)OCCO2. The number of piperidine rings is 2. The summed E-state index contributed by atoms with van der Waals surface area (Å²) >= 11 is 0. The molecule has 7 heteroatoms. The average Bonchev–Trinajstić information content (AvgIpc) is 3.21. The van der Waals surface area contributed by atoms with Crippen LogP contribution in [0.4, 0.5) is 10.5 Å². The number of ether oxygens (including phenoxy) is 2. The summed E-state index contributed by atoms with van der Waals surface area (Å²) in [4.78, 5) is 29.0. The van der Waals surface area contributed by atoms with Gasteiger partial charge in [0.15, 0.2) is 5.79 Å². The Hall–Kier alpha value is -2.12. The van der Waals surface area contributed by atoms with E-state index < -0.39 is 5.79 Å². The van der Waals surface area contributed by atoms with Crippen LogP contribution in [0.5, 0.6) is 0 Å². The summed E-state index contributed by atoms with van der Waals surface area (Å²) in [6.07, 6.45) is 4.97. The number of anilines is 1. The predicted molar refractivity (Wildman–Crippen MR) is 109 cm³/mol. The van der Waals surface area contributed by atoms with Gasteiger partial charge in [0.2, 0.25) is 5.91 Å². The molecule has 0 aliphatic carbocycles. The number of hydrogen-bond acceptors (Lipinski definition) is 4. The van der Waals surface area contributed by atoms with Crippen LogP contribution in [0, 0.1) is 5.92 Å². The smallest absolute Gasteiger partial charge is 0.321 e. The highest BCUT2D eigenvalue weighted by atomic mass is 16.7. The molecule has 4 rings (SSSR count). The van der Waals surface area contributed by atoms with Gasteiger partial charge in [0, 0.05) is 51.1 Å². The molecule has 1 N–H and O–H groups in total. The molecule has 0 saturated carbocycles. The Morgan fingerprint density at radius 1 is 1.03 bits per heavy atom. The molecule has 3 aliphatic rings. The summed E-state index contributed by atoms with van der Waals surface area (Å²) in [6, 6.07) is 9.48. The highest BCUT2D eigenvalue weighted by Crippen LogP contribution is 2.31. The molecular weight excluding hydrogens is 370 g/mol. The van der Waals surface area contributed by atoms with Crippen molar-refractivity contribution < 1.29 is 19.1 Å². The minimum absolute atomic E-state index is 0.0508. The van der Waals surface area contributed by atoms with Gasteiger partial charge in [-0.1, -0.05) is 18.2 Å². The predicted octanol–water partition coefficient (Wildman–Crippen LogP) is 3.08. The van der Waals surface area contributed by atoms with Crippen LogP contribution in [0.1, 0.15) is 38.5 Å². The van der Waals surface area contributed by atoms with E-state index in [9.17, 15) is 9.59 Å². The number of rotatable bonds is 4. The molecule has 0 unspecified atom stereocenters. The zero-order valence-electron chi connectivity index (χ0n) is 17.0. The van der Waals surface area contributed by atoms with Crippen LogP contribution in [-0.4, -0.2) is 66.9 Å². The van der Waals surface area contributed by atoms with Gasteiger partial charge in [0.05, 0.1) is 13.2 Å². The minimum Gasteiger partial charge on any atom is -0.347 e. The number of amides is 3. The first-order chi connectivity index (χ1) is 14.1. The molecule has 3 saturated heterocycles. The fourth-order valence-electron chi connectivity index (χ4n) is 4.58. The lowest BCUT2D eigenvalue weighted by atomic mass is 9.93. The topological polar surface area (TPSA) is 71.1 Å². The number of likely N-dealkylation sites (tertiary alicyclic amines) is 2. The van der Waals surface area contributed by atoms with Gasteiger partial charge in [0.25, 0.3) is 0 Å². The Morgan fingerprint density at radius 3 is 2.48 bits per heavy atom. The minimum atomic E-state index is -0.438. The number of para-hydroxylation sites is 1. The highest BCUT2D eigenvalue weighted by molar-refractivity contribution is 5.89. The van der Waals surface area contributed by atoms with Crippen molar-refractivity contribution in [2.75, 3.05) is 44.7 Å². The van der Waals surface area contributed by atoms with E-state index in [0.717, 1.165) is 50.9 Å². The number of nitrogens with zero attached hydrogens (tertiary/aromatic N) is 2. The molecule has 3 amide bonds. The van der Waals surface area contributed by atoms with Crippen molar-refractivity contribution in [1.29, 1.82) is 0 Å². The maximum absolute atomic E-state index is 12.7. The number of nitrogens with one attached hydrogen (secondary N) is 1. The summed E-state index contributed by atoms with van der Waals surface area (Å²) in [7, 11) is 0. The normalized spacial score (nSPS) is 23.9. The van der Waals surface area contributed by atoms with Crippen molar-refractivity contribution in [3.05, 3.63) is 30.3 Å². The van der Waals surface area contributed by atoms with Gasteiger partial charge in [-0.25, -0.2) is 4.79 Å². The molecule has 158 valence electrons. The summed E-state index contributed by atoms with van der Waals surface area (Å²) < 4.78 is 11.5. The maximum Gasteiger partial charge on any atom is 0.321 e. The third-order valence-corrected chi connectivity index (χ3v) is 6.29. The van der Waals surface area contributed by atoms with Crippen LogP contribution in [0.3, 0.4) is 0 Å². The zero-order chi connectivity index (χ0) is 20.1. The molecule has 0 bridgehead atoms. The number of benzene rings is 1. The van der Waals surface area contributed by atoms with Gasteiger partial charge >= 0.3 is 6.03 Å². The van der Waals surface area contributed by atoms with Crippen molar-refractivity contribution in [3.8, 4) is 0 Å². The van der Waals surface area contributed by atoms with Gasteiger partial charge in [-0.2, -0.15) is 0 Å². The number of carbonyl (C=O) groups excluding carboxylic acids is 2. The molecule has 3 aliphatic heterocycles. The lowest BCUT2D eigenvalue weighted by Gasteiger charge is -2.38. The Labute approximate surface area is 172 Å². The second kappa shape index (κ2) is 9.13. The molecule has 1 aromatic rings. The molecule has 0 aromatic heterocycles. The largest absolute Gasteiger partial charge is 0.347 e. The summed E-state index contributed by atoms with van der Waals surface area (Å²) in [6.45, 7) is 4.21. The number of urea groups is 1. The monoisotopic (exact) mass is 401 g/mol. The molecule has 3 fully saturated rings. The molecule has 1 aromatic carbocycles. The van der Waals surface area contributed by atoms with Gasteiger partial charge in [-0.3, -0.25) is 4.79 Å². The highest BCUT2D eigenvalue weighted by Gasteiger charge is 2.40. The van der Waals surface area contributed by atoms with E-state index >= 15 is 0 Å². The average molecular weight is 402 g/mol. The second-order valence-electron chi connectivity index (χ2n) is 8.28. The molecule has 0 radical (unpaired) electrons. The van der Waals surface area contributed by atoms with Gasteiger partial charge in [-0.05, 0) is 37.3 Å². The van der Waals surface area contributed by atoms with Crippen LogP contribution in [-0.2, 0) is 14.3 Å². The summed E-state index contributed by atoms with van der Waals surface area (Å²) in [5.74, 6) is 0.155. The summed E-state index contributed by atoms with van der Waals surface area (Å²) in [5, 5.41) is 2.96. The molecule has 3 heterocycles. The van der Waals surface area contributed by atoms with Crippen LogP contribution in [0.25, 0.3) is 0 Å². The van der Waals surface area contributed by atoms with Crippen LogP contribution < -0.4 is 5.32 Å². The van der Waals surface area contributed by atoms with E-state index in [1.165, 1.54) is 0 Å².